The Hall–Kier alpha value is -2.74. The lowest BCUT2D eigenvalue weighted by Gasteiger charge is -2.12. The fraction of sp³-hybridized carbons (Fsp3) is 0.125. The Kier molecular flexibility index (Phi) is 5.30. The van der Waals surface area contributed by atoms with Crippen LogP contribution < -0.4 is 9.83 Å². The lowest BCUT2D eigenvalue weighted by atomic mass is 10.2. The number of aliphatic imine (C=N–C) groups is 1. The standard InChI is InChI=1S/C16H15FN2O4S/c1-11-2-8-14(9-3-11)24(22,23)19-16(18-10-15(20)21)12-4-6-13(17)7-5-12/h2-9H,10H2,1H3,(H,18,19)(H,20,21)/p-1. The van der Waals surface area contributed by atoms with Crippen molar-refractivity contribution < 1.29 is 22.7 Å². The lowest BCUT2D eigenvalue weighted by Crippen LogP contribution is -2.33. The summed E-state index contributed by atoms with van der Waals surface area (Å²) in [6, 6.07) is 10.9. The first-order valence-corrected chi connectivity index (χ1v) is 8.36. The second-order valence-corrected chi connectivity index (χ2v) is 6.64. The van der Waals surface area contributed by atoms with Crippen molar-refractivity contribution in [2.75, 3.05) is 6.54 Å². The first kappa shape index (κ1) is 17.6. The number of hydrogen-bond acceptors (Lipinski definition) is 5. The van der Waals surface area contributed by atoms with Crippen molar-refractivity contribution in [3.05, 3.63) is 65.5 Å². The molecule has 0 aliphatic rings. The number of rotatable bonds is 5. The minimum atomic E-state index is -3.97. The van der Waals surface area contributed by atoms with E-state index in [-0.39, 0.29) is 16.3 Å². The average molecular weight is 349 g/mol. The van der Waals surface area contributed by atoms with Crippen LogP contribution in [0.1, 0.15) is 11.1 Å². The number of carbonyl (C=O) groups is 1. The van der Waals surface area contributed by atoms with Gasteiger partial charge in [-0.05, 0) is 43.3 Å². The molecule has 0 saturated carbocycles. The number of hydrogen-bond donors (Lipinski definition) is 1. The normalized spacial score (nSPS) is 12.0. The van der Waals surface area contributed by atoms with Crippen molar-refractivity contribution in [1.29, 1.82) is 0 Å². The predicted molar refractivity (Wildman–Crippen MR) is 84.3 cm³/mol. The molecular formula is C16H14FN2O4S-. The highest BCUT2D eigenvalue weighted by molar-refractivity contribution is 7.90. The van der Waals surface area contributed by atoms with Gasteiger partial charge in [-0.2, -0.15) is 0 Å². The predicted octanol–water partition coefficient (Wildman–Crippen LogP) is 0.609. The second-order valence-electron chi connectivity index (χ2n) is 4.96. The van der Waals surface area contributed by atoms with Gasteiger partial charge in [0.2, 0.25) is 0 Å². The summed E-state index contributed by atoms with van der Waals surface area (Å²) in [5.74, 6) is -2.19. The smallest absolute Gasteiger partial charge is 0.263 e. The first-order valence-electron chi connectivity index (χ1n) is 6.87. The summed E-state index contributed by atoms with van der Waals surface area (Å²) in [6.07, 6.45) is 0. The summed E-state index contributed by atoms with van der Waals surface area (Å²) in [4.78, 5) is 14.3. The highest BCUT2D eigenvalue weighted by Gasteiger charge is 2.17. The number of nitrogens with zero attached hydrogens (tertiary/aromatic N) is 1. The third-order valence-corrected chi connectivity index (χ3v) is 4.40. The van der Waals surface area contributed by atoms with Gasteiger partial charge in [-0.1, -0.05) is 17.7 Å². The Morgan fingerprint density at radius 2 is 1.71 bits per heavy atom. The minimum Gasteiger partial charge on any atom is -0.548 e. The molecule has 0 atom stereocenters. The second kappa shape index (κ2) is 7.22. The van der Waals surface area contributed by atoms with Crippen LogP contribution in [0.5, 0.6) is 0 Å². The van der Waals surface area contributed by atoms with Crippen molar-refractivity contribution in [1.82, 2.24) is 4.72 Å². The van der Waals surface area contributed by atoms with E-state index in [4.69, 9.17) is 0 Å². The highest BCUT2D eigenvalue weighted by atomic mass is 32.2. The van der Waals surface area contributed by atoms with E-state index < -0.39 is 28.4 Å². The van der Waals surface area contributed by atoms with Crippen LogP contribution in [0.2, 0.25) is 0 Å². The summed E-state index contributed by atoms with van der Waals surface area (Å²) in [5.41, 5.74) is 1.12. The van der Waals surface area contributed by atoms with Gasteiger partial charge >= 0.3 is 0 Å². The van der Waals surface area contributed by atoms with Gasteiger partial charge in [0.25, 0.3) is 10.0 Å². The third kappa shape index (κ3) is 4.63. The van der Waals surface area contributed by atoms with Gasteiger partial charge in [0.1, 0.15) is 11.7 Å². The highest BCUT2D eigenvalue weighted by Crippen LogP contribution is 2.12. The van der Waals surface area contributed by atoms with Gasteiger partial charge in [-0.3, -0.25) is 9.71 Å². The van der Waals surface area contributed by atoms with Crippen LogP contribution in [0.15, 0.2) is 58.4 Å². The lowest BCUT2D eigenvalue weighted by molar-refractivity contribution is -0.303. The van der Waals surface area contributed by atoms with Crippen LogP contribution in [0.4, 0.5) is 4.39 Å². The summed E-state index contributed by atoms with van der Waals surface area (Å²) < 4.78 is 40.1. The molecule has 1 N–H and O–H groups in total. The average Bonchev–Trinajstić information content (AvgIpc) is 2.52. The molecule has 0 bridgehead atoms. The van der Waals surface area contributed by atoms with Crippen molar-refractivity contribution in [2.24, 2.45) is 4.99 Å². The molecule has 6 nitrogen and oxygen atoms in total. The zero-order valence-corrected chi connectivity index (χ0v) is 13.5. The van der Waals surface area contributed by atoms with E-state index in [1.807, 2.05) is 6.92 Å². The van der Waals surface area contributed by atoms with Gasteiger partial charge in [0.05, 0.1) is 17.4 Å². The molecule has 2 aromatic rings. The molecule has 126 valence electrons. The number of amidine groups is 1. The molecule has 24 heavy (non-hydrogen) atoms. The maximum atomic E-state index is 13.0. The molecular weight excluding hydrogens is 335 g/mol. The molecule has 0 aliphatic carbocycles. The van der Waals surface area contributed by atoms with Crippen molar-refractivity contribution in [3.63, 3.8) is 0 Å². The molecule has 2 aromatic carbocycles. The molecule has 0 aliphatic heterocycles. The Morgan fingerprint density at radius 1 is 1.12 bits per heavy atom. The molecule has 0 spiro atoms. The number of sulfonamides is 1. The number of halogens is 1. The third-order valence-electron chi connectivity index (χ3n) is 3.05. The molecule has 8 heteroatoms. The number of nitrogens with one attached hydrogen (secondary N) is 1. The van der Waals surface area contributed by atoms with Crippen LogP contribution in [0, 0.1) is 12.7 Å². The summed E-state index contributed by atoms with van der Waals surface area (Å²) in [5, 5.41) is 10.6. The maximum absolute atomic E-state index is 13.0. The van der Waals surface area contributed by atoms with Crippen LogP contribution in [0.25, 0.3) is 0 Å². The van der Waals surface area contributed by atoms with Gasteiger partial charge in [-0.25, -0.2) is 12.8 Å². The Labute approximate surface area is 138 Å². The van der Waals surface area contributed by atoms with E-state index in [0.29, 0.717) is 0 Å². The number of benzene rings is 2. The van der Waals surface area contributed by atoms with Gasteiger partial charge in [-0.15, -0.1) is 0 Å². The van der Waals surface area contributed by atoms with E-state index in [9.17, 15) is 22.7 Å². The zero-order chi connectivity index (χ0) is 17.7. The van der Waals surface area contributed by atoms with E-state index >= 15 is 0 Å². The largest absolute Gasteiger partial charge is 0.548 e. The summed E-state index contributed by atoms with van der Waals surface area (Å²) in [7, 11) is -3.97. The maximum Gasteiger partial charge on any atom is 0.263 e. The van der Waals surface area contributed by atoms with Crippen molar-refractivity contribution in [3.8, 4) is 0 Å². The molecule has 0 aromatic heterocycles. The Balaban J connectivity index is 2.37. The van der Waals surface area contributed by atoms with E-state index in [2.05, 4.69) is 9.71 Å². The van der Waals surface area contributed by atoms with E-state index in [0.717, 1.165) is 17.7 Å². The Bertz CT molecular complexity index is 860. The molecule has 0 radical (unpaired) electrons. The number of carboxylic acid groups (broad SMARTS) is 1. The molecule has 0 fully saturated rings. The number of aliphatic carboxylic acids is 1. The monoisotopic (exact) mass is 349 g/mol. The van der Waals surface area contributed by atoms with Crippen molar-refractivity contribution >= 4 is 21.8 Å². The molecule has 0 saturated heterocycles. The number of aryl methyl sites for hydroxylation is 1. The Morgan fingerprint density at radius 3 is 2.25 bits per heavy atom. The fourth-order valence-corrected chi connectivity index (χ4v) is 2.89. The van der Waals surface area contributed by atoms with E-state index in [1.54, 1.807) is 12.1 Å². The summed E-state index contributed by atoms with van der Waals surface area (Å²) >= 11 is 0. The van der Waals surface area contributed by atoms with Gasteiger partial charge < -0.3 is 9.90 Å². The van der Waals surface area contributed by atoms with Gasteiger partial charge in [0, 0.05) is 5.56 Å². The minimum absolute atomic E-state index is 0.00337. The number of carboxylic acids is 1. The first-order chi connectivity index (χ1) is 11.3. The van der Waals surface area contributed by atoms with Crippen LogP contribution >= 0.6 is 0 Å². The van der Waals surface area contributed by atoms with Crippen LogP contribution in [0.3, 0.4) is 0 Å². The molecule has 0 heterocycles. The van der Waals surface area contributed by atoms with Crippen molar-refractivity contribution in [2.45, 2.75) is 11.8 Å². The van der Waals surface area contributed by atoms with Crippen LogP contribution in [-0.4, -0.2) is 26.8 Å². The SMILES string of the molecule is Cc1ccc(S(=O)(=O)NC(=NCC(=O)[O-])c2ccc(F)cc2)cc1. The topological polar surface area (TPSA) is 98.7 Å². The summed E-state index contributed by atoms with van der Waals surface area (Å²) in [6.45, 7) is 1.08. The molecule has 0 amide bonds. The zero-order valence-electron chi connectivity index (χ0n) is 12.7. The number of carbonyl (C=O) groups excluding carboxylic acids is 1. The molecule has 0 unspecified atom stereocenters. The molecule has 2 rings (SSSR count). The van der Waals surface area contributed by atoms with Crippen LogP contribution in [-0.2, 0) is 14.8 Å². The van der Waals surface area contributed by atoms with E-state index in [1.165, 1.54) is 24.3 Å². The van der Waals surface area contributed by atoms with Gasteiger partial charge in [0.15, 0.2) is 0 Å². The fourth-order valence-electron chi connectivity index (χ4n) is 1.84. The quantitative estimate of drug-likeness (QED) is 0.631.